The number of amides is 1. The summed E-state index contributed by atoms with van der Waals surface area (Å²) in [6, 6.07) is 13.2. The summed E-state index contributed by atoms with van der Waals surface area (Å²) in [5, 5.41) is 17.1. The van der Waals surface area contributed by atoms with Crippen LogP contribution < -0.4 is 5.32 Å². The Bertz CT molecular complexity index is 977. The van der Waals surface area contributed by atoms with Crippen LogP contribution in [-0.4, -0.2) is 26.9 Å². The molecule has 1 unspecified atom stereocenters. The highest BCUT2D eigenvalue weighted by Gasteiger charge is 2.36. The standard InChI is InChI=1S/C22H22FN3O2/c1-26-13-16(12-24-26)21(15-10-18(27)11-15)25-22(28)20-5-3-2-4-19(20)14-6-8-17(23)9-7-14/h2-9,12-13,15,18,21,27H,10-11H2,1H3,(H,25,28). The first kappa shape index (κ1) is 18.4. The minimum absolute atomic E-state index is 0.168. The fourth-order valence-corrected chi connectivity index (χ4v) is 3.76. The molecule has 144 valence electrons. The largest absolute Gasteiger partial charge is 0.393 e. The van der Waals surface area contributed by atoms with Crippen molar-refractivity contribution < 1.29 is 14.3 Å². The number of aliphatic hydroxyl groups is 1. The van der Waals surface area contributed by atoms with Gasteiger partial charge in [0.15, 0.2) is 0 Å². The summed E-state index contributed by atoms with van der Waals surface area (Å²) >= 11 is 0. The first-order valence-electron chi connectivity index (χ1n) is 9.33. The van der Waals surface area contributed by atoms with Gasteiger partial charge >= 0.3 is 0 Å². The molecule has 0 aliphatic heterocycles. The average Bonchev–Trinajstić information content (AvgIpc) is 3.10. The first-order chi connectivity index (χ1) is 13.5. The van der Waals surface area contributed by atoms with Gasteiger partial charge in [0, 0.05) is 24.4 Å². The smallest absolute Gasteiger partial charge is 0.252 e. The minimum Gasteiger partial charge on any atom is -0.393 e. The summed E-state index contributed by atoms with van der Waals surface area (Å²) in [6.45, 7) is 0. The molecule has 0 bridgehead atoms. The number of carbonyl (C=O) groups is 1. The fourth-order valence-electron chi connectivity index (χ4n) is 3.76. The van der Waals surface area contributed by atoms with Crippen molar-refractivity contribution in [2.45, 2.75) is 25.0 Å². The topological polar surface area (TPSA) is 67.2 Å². The molecule has 0 spiro atoms. The van der Waals surface area contributed by atoms with Crippen molar-refractivity contribution in [2.75, 3.05) is 0 Å². The molecule has 1 saturated carbocycles. The Hall–Kier alpha value is -2.99. The molecule has 1 fully saturated rings. The maximum absolute atomic E-state index is 13.3. The number of aryl methyl sites for hydroxylation is 1. The van der Waals surface area contributed by atoms with Gasteiger partial charge in [-0.1, -0.05) is 30.3 Å². The van der Waals surface area contributed by atoms with Gasteiger partial charge in [0.1, 0.15) is 5.82 Å². The summed E-state index contributed by atoms with van der Waals surface area (Å²) in [6.07, 6.45) is 4.63. The molecule has 1 aliphatic rings. The van der Waals surface area contributed by atoms with E-state index in [1.807, 2.05) is 31.4 Å². The van der Waals surface area contributed by atoms with Crippen molar-refractivity contribution in [1.29, 1.82) is 0 Å². The third-order valence-electron chi connectivity index (χ3n) is 5.32. The molecular formula is C22H22FN3O2. The summed E-state index contributed by atoms with van der Waals surface area (Å²) < 4.78 is 15.0. The molecule has 28 heavy (non-hydrogen) atoms. The third kappa shape index (κ3) is 3.68. The van der Waals surface area contributed by atoms with E-state index < -0.39 is 0 Å². The Labute approximate surface area is 162 Å². The van der Waals surface area contributed by atoms with Crippen molar-refractivity contribution in [3.05, 3.63) is 77.9 Å². The second-order valence-electron chi connectivity index (χ2n) is 7.34. The van der Waals surface area contributed by atoms with E-state index in [4.69, 9.17) is 0 Å². The molecule has 0 saturated heterocycles. The zero-order chi connectivity index (χ0) is 19.7. The van der Waals surface area contributed by atoms with Gasteiger partial charge in [-0.3, -0.25) is 9.48 Å². The predicted molar refractivity (Wildman–Crippen MR) is 104 cm³/mol. The Kier molecular flexibility index (Phi) is 4.96. The number of hydrogen-bond acceptors (Lipinski definition) is 3. The monoisotopic (exact) mass is 379 g/mol. The van der Waals surface area contributed by atoms with Gasteiger partial charge in [0.2, 0.25) is 0 Å². The van der Waals surface area contributed by atoms with E-state index in [0.717, 1.165) is 16.7 Å². The van der Waals surface area contributed by atoms with E-state index in [-0.39, 0.29) is 29.8 Å². The zero-order valence-electron chi connectivity index (χ0n) is 15.5. The average molecular weight is 379 g/mol. The van der Waals surface area contributed by atoms with Crippen LogP contribution in [0, 0.1) is 11.7 Å². The molecule has 1 atom stereocenters. The number of nitrogens with zero attached hydrogens (tertiary/aromatic N) is 2. The third-order valence-corrected chi connectivity index (χ3v) is 5.32. The molecule has 1 aromatic heterocycles. The predicted octanol–water partition coefficient (Wildman–Crippen LogP) is 3.47. The van der Waals surface area contributed by atoms with Crippen molar-refractivity contribution in [3.8, 4) is 11.1 Å². The van der Waals surface area contributed by atoms with Crippen LogP contribution in [0.1, 0.15) is 34.8 Å². The number of benzene rings is 2. The van der Waals surface area contributed by atoms with Crippen LogP contribution >= 0.6 is 0 Å². The maximum Gasteiger partial charge on any atom is 0.252 e. The molecule has 1 heterocycles. The molecular weight excluding hydrogens is 357 g/mol. The molecule has 6 heteroatoms. The van der Waals surface area contributed by atoms with Gasteiger partial charge in [0.05, 0.1) is 18.3 Å². The van der Waals surface area contributed by atoms with Crippen LogP contribution in [0.15, 0.2) is 60.9 Å². The quantitative estimate of drug-likeness (QED) is 0.713. The zero-order valence-corrected chi connectivity index (χ0v) is 15.5. The van der Waals surface area contributed by atoms with Crippen LogP contribution in [0.5, 0.6) is 0 Å². The lowest BCUT2D eigenvalue weighted by atomic mass is 9.75. The molecule has 4 rings (SSSR count). The Morgan fingerprint density at radius 1 is 1.21 bits per heavy atom. The highest BCUT2D eigenvalue weighted by atomic mass is 19.1. The first-order valence-corrected chi connectivity index (χ1v) is 9.33. The number of aliphatic hydroxyl groups excluding tert-OH is 1. The van der Waals surface area contributed by atoms with Crippen molar-refractivity contribution >= 4 is 5.91 Å². The number of carbonyl (C=O) groups excluding carboxylic acids is 1. The van der Waals surface area contributed by atoms with Gasteiger partial charge in [-0.25, -0.2) is 4.39 Å². The summed E-state index contributed by atoms with van der Waals surface area (Å²) in [7, 11) is 1.84. The molecule has 5 nitrogen and oxygen atoms in total. The lowest BCUT2D eigenvalue weighted by Gasteiger charge is -2.37. The lowest BCUT2D eigenvalue weighted by molar-refractivity contribution is 0.0235. The van der Waals surface area contributed by atoms with E-state index in [0.29, 0.717) is 18.4 Å². The van der Waals surface area contributed by atoms with Crippen molar-refractivity contribution in [1.82, 2.24) is 15.1 Å². The number of hydrogen-bond donors (Lipinski definition) is 2. The van der Waals surface area contributed by atoms with Crippen LogP contribution in [0.4, 0.5) is 4.39 Å². The van der Waals surface area contributed by atoms with Gasteiger partial charge in [-0.15, -0.1) is 0 Å². The molecule has 1 amide bonds. The highest BCUT2D eigenvalue weighted by molar-refractivity contribution is 6.01. The Balaban J connectivity index is 1.62. The summed E-state index contributed by atoms with van der Waals surface area (Å²) in [5.74, 6) is -0.345. The van der Waals surface area contributed by atoms with E-state index in [9.17, 15) is 14.3 Å². The number of halogens is 1. The normalized spacial score (nSPS) is 19.7. The van der Waals surface area contributed by atoms with Crippen LogP contribution in [-0.2, 0) is 7.05 Å². The molecule has 2 N–H and O–H groups in total. The van der Waals surface area contributed by atoms with E-state index in [2.05, 4.69) is 10.4 Å². The van der Waals surface area contributed by atoms with Crippen LogP contribution in [0.25, 0.3) is 11.1 Å². The number of aromatic nitrogens is 2. The summed E-state index contributed by atoms with van der Waals surface area (Å²) in [4.78, 5) is 13.1. The van der Waals surface area contributed by atoms with Gasteiger partial charge in [0.25, 0.3) is 5.91 Å². The van der Waals surface area contributed by atoms with Crippen LogP contribution in [0.2, 0.25) is 0 Å². The SMILES string of the molecule is Cn1cc(C(NC(=O)c2ccccc2-c2ccc(F)cc2)C2CC(O)C2)cn1. The van der Waals surface area contributed by atoms with Crippen molar-refractivity contribution in [3.63, 3.8) is 0 Å². The van der Waals surface area contributed by atoms with Gasteiger partial charge in [-0.2, -0.15) is 5.10 Å². The number of rotatable bonds is 5. The molecule has 0 radical (unpaired) electrons. The van der Waals surface area contributed by atoms with Gasteiger partial charge in [-0.05, 0) is 48.1 Å². The number of nitrogens with one attached hydrogen (secondary N) is 1. The molecule has 2 aromatic carbocycles. The fraction of sp³-hybridized carbons (Fsp3) is 0.273. The maximum atomic E-state index is 13.3. The summed E-state index contributed by atoms with van der Waals surface area (Å²) in [5.41, 5.74) is 2.98. The molecule has 1 aliphatic carbocycles. The Morgan fingerprint density at radius 2 is 1.93 bits per heavy atom. The molecule has 3 aromatic rings. The van der Waals surface area contributed by atoms with E-state index in [1.165, 1.54) is 12.1 Å². The second-order valence-corrected chi connectivity index (χ2v) is 7.34. The lowest BCUT2D eigenvalue weighted by Crippen LogP contribution is -2.41. The Morgan fingerprint density at radius 3 is 2.57 bits per heavy atom. The van der Waals surface area contributed by atoms with E-state index in [1.54, 1.807) is 29.1 Å². The minimum atomic E-state index is -0.314. The second kappa shape index (κ2) is 7.56. The van der Waals surface area contributed by atoms with Crippen molar-refractivity contribution in [2.24, 2.45) is 13.0 Å². The van der Waals surface area contributed by atoms with Crippen LogP contribution in [0.3, 0.4) is 0 Å². The highest BCUT2D eigenvalue weighted by Crippen LogP contribution is 2.38. The van der Waals surface area contributed by atoms with E-state index >= 15 is 0 Å². The van der Waals surface area contributed by atoms with Gasteiger partial charge < -0.3 is 10.4 Å².